The molecule has 26 heavy (non-hydrogen) atoms. The normalized spacial score (nSPS) is 9.88. The lowest BCUT2D eigenvalue weighted by atomic mass is 10.1. The molecule has 0 aliphatic heterocycles. The van der Waals surface area contributed by atoms with Crippen LogP contribution in [0.4, 0.5) is 4.39 Å². The highest BCUT2D eigenvalue weighted by molar-refractivity contribution is 5.93. The maximum atomic E-state index is 12.9. The fourth-order valence-corrected chi connectivity index (χ4v) is 2.09. The maximum absolute atomic E-state index is 12.9. The van der Waals surface area contributed by atoms with Crippen molar-refractivity contribution in [2.24, 2.45) is 0 Å². The van der Waals surface area contributed by atoms with Crippen LogP contribution >= 0.6 is 0 Å². The van der Waals surface area contributed by atoms with Gasteiger partial charge >= 0.3 is 0 Å². The lowest BCUT2D eigenvalue weighted by Crippen LogP contribution is -2.24. The van der Waals surface area contributed by atoms with Crippen molar-refractivity contribution in [3.63, 3.8) is 0 Å². The van der Waals surface area contributed by atoms with Crippen LogP contribution in [0, 0.1) is 17.7 Å². The van der Waals surface area contributed by atoms with E-state index >= 15 is 0 Å². The summed E-state index contributed by atoms with van der Waals surface area (Å²) in [6.45, 7) is 0.389. The Balaban J connectivity index is 1.47. The number of nitrogens with one attached hydrogen (secondary N) is 2. The molecule has 3 rings (SSSR count). The Bertz CT molecular complexity index is 927. The number of ether oxygens (including phenoxy) is 1. The summed E-state index contributed by atoms with van der Waals surface area (Å²) in [5.41, 5.74) is 1.58. The topological polar surface area (TPSA) is 79.9 Å². The van der Waals surface area contributed by atoms with Crippen LogP contribution in [0.3, 0.4) is 0 Å². The van der Waals surface area contributed by atoms with Gasteiger partial charge < -0.3 is 10.1 Å². The zero-order chi connectivity index (χ0) is 18.2. The van der Waals surface area contributed by atoms with Gasteiger partial charge in [0.25, 0.3) is 5.91 Å². The van der Waals surface area contributed by atoms with Gasteiger partial charge in [-0.1, -0.05) is 11.8 Å². The largest absolute Gasteiger partial charge is 0.479 e. The van der Waals surface area contributed by atoms with Gasteiger partial charge in [0.05, 0.1) is 18.4 Å². The summed E-state index contributed by atoms with van der Waals surface area (Å²) >= 11 is 0. The number of aromatic amines is 1. The molecule has 2 heterocycles. The third-order valence-corrected chi connectivity index (χ3v) is 3.37. The van der Waals surface area contributed by atoms with Gasteiger partial charge in [0.15, 0.2) is 0 Å². The number of pyridine rings is 1. The summed E-state index contributed by atoms with van der Waals surface area (Å²) in [5.74, 6) is 5.58. The smallest absolute Gasteiger partial charge is 0.270 e. The van der Waals surface area contributed by atoms with Crippen LogP contribution in [0.2, 0.25) is 0 Å². The number of hydrogen-bond acceptors (Lipinski definition) is 4. The van der Waals surface area contributed by atoms with Gasteiger partial charge in [-0.05, 0) is 42.5 Å². The van der Waals surface area contributed by atoms with E-state index in [-0.39, 0.29) is 24.9 Å². The third kappa shape index (κ3) is 4.68. The first-order valence-corrected chi connectivity index (χ1v) is 7.80. The number of benzene rings is 1. The molecule has 130 valence electrons. The highest BCUT2D eigenvalue weighted by Gasteiger charge is 2.10. The average molecular weight is 350 g/mol. The van der Waals surface area contributed by atoms with Gasteiger partial charge in [-0.15, -0.1) is 0 Å². The number of halogens is 1. The molecular formula is C19H15FN4O2. The fourth-order valence-electron chi connectivity index (χ4n) is 2.09. The highest BCUT2D eigenvalue weighted by Crippen LogP contribution is 2.17. The van der Waals surface area contributed by atoms with Crippen LogP contribution in [0.15, 0.2) is 54.9 Å². The van der Waals surface area contributed by atoms with Crippen LogP contribution in [-0.2, 0) is 0 Å². The van der Waals surface area contributed by atoms with Crippen LogP contribution in [-0.4, -0.2) is 34.2 Å². The van der Waals surface area contributed by atoms with Gasteiger partial charge in [0, 0.05) is 11.8 Å². The molecular weight excluding hydrogens is 335 g/mol. The van der Waals surface area contributed by atoms with Crippen LogP contribution in [0.1, 0.15) is 10.5 Å². The van der Waals surface area contributed by atoms with Gasteiger partial charge in [-0.2, -0.15) is 5.10 Å². The van der Waals surface area contributed by atoms with E-state index in [9.17, 15) is 9.18 Å². The van der Waals surface area contributed by atoms with Crippen molar-refractivity contribution in [3.8, 4) is 28.8 Å². The molecule has 6 nitrogen and oxygen atoms in total. The summed E-state index contributed by atoms with van der Waals surface area (Å²) in [6.07, 6.45) is 3.26. The molecule has 1 amide bonds. The number of nitrogens with zero attached hydrogens (tertiary/aromatic N) is 2. The number of aromatic nitrogens is 3. The summed E-state index contributed by atoms with van der Waals surface area (Å²) in [5, 5.41) is 9.37. The molecule has 1 aromatic carbocycles. The first-order chi connectivity index (χ1) is 12.7. The Labute approximate surface area is 149 Å². The molecule has 0 radical (unpaired) electrons. The second-order valence-electron chi connectivity index (χ2n) is 5.19. The Morgan fingerprint density at radius 1 is 1.23 bits per heavy atom. The minimum atomic E-state index is -0.326. The van der Waals surface area contributed by atoms with E-state index in [1.54, 1.807) is 42.7 Å². The molecule has 3 aromatic rings. The van der Waals surface area contributed by atoms with Crippen molar-refractivity contribution in [3.05, 3.63) is 66.4 Å². The molecule has 0 spiro atoms. The van der Waals surface area contributed by atoms with Crippen LogP contribution in [0.5, 0.6) is 5.75 Å². The average Bonchev–Trinajstić information content (AvgIpc) is 3.16. The molecule has 0 fully saturated rings. The number of hydrogen-bond donors (Lipinski definition) is 2. The van der Waals surface area contributed by atoms with Crippen molar-refractivity contribution in [1.82, 2.24) is 20.5 Å². The molecule has 0 saturated carbocycles. The molecule has 0 bridgehead atoms. The third-order valence-electron chi connectivity index (χ3n) is 3.37. The van der Waals surface area contributed by atoms with Gasteiger partial charge in [-0.3, -0.25) is 14.9 Å². The molecule has 0 saturated heterocycles. The summed E-state index contributed by atoms with van der Waals surface area (Å²) in [4.78, 5) is 16.0. The number of amides is 1. The lowest BCUT2D eigenvalue weighted by molar-refractivity contribution is 0.0953. The molecule has 2 N–H and O–H groups in total. The molecule has 2 aromatic heterocycles. The first kappa shape index (κ1) is 17.2. The second-order valence-corrected chi connectivity index (χ2v) is 5.19. The second kappa shape index (κ2) is 8.44. The molecule has 0 unspecified atom stereocenters. The van der Waals surface area contributed by atoms with E-state index in [1.807, 2.05) is 0 Å². The Morgan fingerprint density at radius 2 is 2.08 bits per heavy atom. The van der Waals surface area contributed by atoms with Crippen LogP contribution < -0.4 is 10.1 Å². The number of H-pyrrole nitrogens is 1. The van der Waals surface area contributed by atoms with Crippen molar-refractivity contribution in [2.45, 2.75) is 0 Å². The Kier molecular flexibility index (Phi) is 5.58. The summed E-state index contributed by atoms with van der Waals surface area (Å²) < 4.78 is 18.3. The fraction of sp³-hybridized carbons (Fsp3) is 0.105. The number of carbonyl (C=O) groups excluding carboxylic acids is 1. The van der Waals surface area contributed by atoms with Gasteiger partial charge in [-0.25, -0.2) is 4.39 Å². The van der Waals surface area contributed by atoms with Crippen molar-refractivity contribution < 1.29 is 13.9 Å². The van der Waals surface area contributed by atoms with E-state index in [4.69, 9.17) is 4.74 Å². The summed E-state index contributed by atoms with van der Waals surface area (Å²) in [7, 11) is 0. The van der Waals surface area contributed by atoms with Gasteiger partial charge in [0.1, 0.15) is 23.9 Å². The zero-order valence-electron chi connectivity index (χ0n) is 13.7. The number of rotatable bonds is 5. The predicted molar refractivity (Wildman–Crippen MR) is 93.8 cm³/mol. The monoisotopic (exact) mass is 350 g/mol. The van der Waals surface area contributed by atoms with E-state index in [0.29, 0.717) is 22.7 Å². The summed E-state index contributed by atoms with van der Waals surface area (Å²) in [6, 6.07) is 11.0. The molecule has 7 heteroatoms. The van der Waals surface area contributed by atoms with E-state index in [0.717, 1.165) is 0 Å². The minimum absolute atomic E-state index is 0.181. The molecule has 0 aliphatic rings. The van der Waals surface area contributed by atoms with Crippen molar-refractivity contribution in [1.29, 1.82) is 0 Å². The van der Waals surface area contributed by atoms with E-state index in [1.165, 1.54) is 12.1 Å². The van der Waals surface area contributed by atoms with Crippen molar-refractivity contribution in [2.75, 3.05) is 13.2 Å². The van der Waals surface area contributed by atoms with E-state index < -0.39 is 0 Å². The Hall–Kier alpha value is -3.66. The van der Waals surface area contributed by atoms with Crippen molar-refractivity contribution >= 4 is 5.91 Å². The Morgan fingerprint density at radius 3 is 2.85 bits per heavy atom. The predicted octanol–water partition coefficient (Wildman–Crippen LogP) is 2.42. The lowest BCUT2D eigenvalue weighted by Gasteiger charge is -1.99. The SMILES string of the molecule is O=C(NCC#CCOc1cccnc1)c1cc(-c2ccc(F)cc2)n[nH]1. The molecule has 0 aliphatic carbocycles. The highest BCUT2D eigenvalue weighted by atomic mass is 19.1. The zero-order valence-corrected chi connectivity index (χ0v) is 13.7. The molecule has 0 atom stereocenters. The quantitative estimate of drug-likeness (QED) is 0.693. The van der Waals surface area contributed by atoms with E-state index in [2.05, 4.69) is 32.3 Å². The number of carbonyl (C=O) groups is 1. The maximum Gasteiger partial charge on any atom is 0.270 e. The van der Waals surface area contributed by atoms with Crippen LogP contribution in [0.25, 0.3) is 11.3 Å². The minimum Gasteiger partial charge on any atom is -0.479 e. The standard InChI is InChI=1S/C19H15FN4O2/c20-15-7-5-14(6-8-15)17-12-18(24-23-17)19(25)22-10-1-2-11-26-16-4-3-9-21-13-16/h3-9,12-13H,10-11H2,(H,22,25)(H,23,24). The van der Waals surface area contributed by atoms with Gasteiger partial charge in [0.2, 0.25) is 0 Å². The first-order valence-electron chi connectivity index (χ1n) is 7.80.